The monoisotopic (exact) mass is 326 g/mol. The standard InChI is InChI=1S/C14H19BrN2O2/c1-14(2)11(7-12(14)18)16-8-13(19)17-10-5-3-4-9(15)6-10/h3-6,11-12,16,18H,7-8H2,1-2H3,(H,17,19). The molecule has 1 aliphatic carbocycles. The molecular weight excluding hydrogens is 308 g/mol. The van der Waals surface area contributed by atoms with E-state index in [1.165, 1.54) is 0 Å². The van der Waals surface area contributed by atoms with Crippen LogP contribution in [0, 0.1) is 5.41 Å². The third-order valence-electron chi connectivity index (χ3n) is 3.83. The van der Waals surface area contributed by atoms with Gasteiger partial charge in [-0.1, -0.05) is 35.8 Å². The Hall–Kier alpha value is -0.910. The number of nitrogens with one attached hydrogen (secondary N) is 2. The summed E-state index contributed by atoms with van der Waals surface area (Å²) < 4.78 is 0.932. The maximum Gasteiger partial charge on any atom is 0.238 e. The Bertz CT molecular complexity index is 476. The molecule has 3 N–H and O–H groups in total. The second-order valence-corrected chi connectivity index (χ2v) is 6.48. The van der Waals surface area contributed by atoms with E-state index < -0.39 is 0 Å². The first-order valence-corrected chi connectivity index (χ1v) is 7.16. The van der Waals surface area contributed by atoms with E-state index in [1.807, 2.05) is 38.1 Å². The lowest BCUT2D eigenvalue weighted by Crippen LogP contribution is -2.60. The summed E-state index contributed by atoms with van der Waals surface area (Å²) in [5.74, 6) is -0.0738. The highest BCUT2D eigenvalue weighted by atomic mass is 79.9. The fourth-order valence-electron chi connectivity index (χ4n) is 2.24. The Morgan fingerprint density at radius 2 is 2.26 bits per heavy atom. The summed E-state index contributed by atoms with van der Waals surface area (Å²) in [5, 5.41) is 15.7. The van der Waals surface area contributed by atoms with Gasteiger partial charge in [-0.25, -0.2) is 0 Å². The van der Waals surface area contributed by atoms with Gasteiger partial charge in [-0.15, -0.1) is 0 Å². The Morgan fingerprint density at radius 3 is 2.84 bits per heavy atom. The van der Waals surface area contributed by atoms with Crippen LogP contribution in [0.2, 0.25) is 0 Å². The predicted octanol–water partition coefficient (Wildman–Crippen LogP) is 2.14. The van der Waals surface area contributed by atoms with Gasteiger partial charge in [-0.2, -0.15) is 0 Å². The van der Waals surface area contributed by atoms with Crippen molar-refractivity contribution in [1.29, 1.82) is 0 Å². The molecule has 1 aromatic rings. The van der Waals surface area contributed by atoms with Gasteiger partial charge < -0.3 is 15.7 Å². The van der Waals surface area contributed by atoms with Crippen molar-refractivity contribution in [2.45, 2.75) is 32.4 Å². The Kier molecular flexibility index (Phi) is 4.28. The van der Waals surface area contributed by atoms with Crippen molar-refractivity contribution >= 4 is 27.5 Å². The van der Waals surface area contributed by atoms with E-state index in [-0.39, 0.29) is 30.0 Å². The van der Waals surface area contributed by atoms with Crippen LogP contribution in [-0.2, 0) is 4.79 Å². The lowest BCUT2D eigenvalue weighted by atomic mass is 9.64. The van der Waals surface area contributed by atoms with Crippen LogP contribution in [0.25, 0.3) is 0 Å². The first-order chi connectivity index (χ1) is 8.89. The Balaban J connectivity index is 1.80. The largest absolute Gasteiger partial charge is 0.392 e. The Labute approximate surface area is 121 Å². The molecule has 2 atom stereocenters. The lowest BCUT2D eigenvalue weighted by Gasteiger charge is -2.49. The molecule has 104 valence electrons. The van der Waals surface area contributed by atoms with E-state index in [0.29, 0.717) is 6.42 Å². The van der Waals surface area contributed by atoms with Gasteiger partial charge in [0.2, 0.25) is 5.91 Å². The van der Waals surface area contributed by atoms with Crippen molar-refractivity contribution in [2.75, 3.05) is 11.9 Å². The van der Waals surface area contributed by atoms with E-state index in [1.54, 1.807) is 0 Å². The molecule has 1 aliphatic rings. The van der Waals surface area contributed by atoms with E-state index >= 15 is 0 Å². The second kappa shape index (κ2) is 5.61. The summed E-state index contributed by atoms with van der Waals surface area (Å²) in [5.41, 5.74) is 0.616. The number of carbonyl (C=O) groups is 1. The predicted molar refractivity (Wildman–Crippen MR) is 79.0 cm³/mol. The maximum absolute atomic E-state index is 11.8. The number of hydrogen-bond acceptors (Lipinski definition) is 3. The Morgan fingerprint density at radius 1 is 1.53 bits per heavy atom. The number of benzene rings is 1. The number of aliphatic hydroxyl groups is 1. The summed E-state index contributed by atoms with van der Waals surface area (Å²) in [6, 6.07) is 7.68. The zero-order valence-electron chi connectivity index (χ0n) is 11.1. The van der Waals surface area contributed by atoms with Crippen LogP contribution in [-0.4, -0.2) is 29.7 Å². The summed E-state index contributed by atoms with van der Waals surface area (Å²) in [4.78, 5) is 11.8. The number of hydrogen-bond donors (Lipinski definition) is 3. The molecular formula is C14H19BrN2O2. The van der Waals surface area contributed by atoms with Gasteiger partial charge in [0.15, 0.2) is 0 Å². The van der Waals surface area contributed by atoms with Crippen LogP contribution in [0.5, 0.6) is 0 Å². The fourth-order valence-corrected chi connectivity index (χ4v) is 2.64. The van der Waals surface area contributed by atoms with E-state index in [9.17, 15) is 9.90 Å². The minimum Gasteiger partial charge on any atom is -0.392 e. The molecule has 4 nitrogen and oxygen atoms in total. The first kappa shape index (κ1) is 14.5. The SMILES string of the molecule is CC1(C)C(O)CC1NCC(=O)Nc1cccc(Br)c1. The van der Waals surface area contributed by atoms with Crippen LogP contribution in [0.4, 0.5) is 5.69 Å². The molecule has 1 amide bonds. The van der Waals surface area contributed by atoms with Gasteiger partial charge in [0.05, 0.1) is 12.6 Å². The van der Waals surface area contributed by atoms with Crippen molar-refractivity contribution in [1.82, 2.24) is 5.32 Å². The zero-order chi connectivity index (χ0) is 14.0. The number of rotatable bonds is 4. The molecule has 1 fully saturated rings. The number of anilines is 1. The van der Waals surface area contributed by atoms with Crippen molar-refractivity contribution in [2.24, 2.45) is 5.41 Å². The van der Waals surface area contributed by atoms with E-state index in [2.05, 4.69) is 26.6 Å². The summed E-state index contributed by atoms with van der Waals surface area (Å²) in [6.45, 7) is 4.27. The summed E-state index contributed by atoms with van der Waals surface area (Å²) in [6.07, 6.45) is 0.426. The lowest BCUT2D eigenvalue weighted by molar-refractivity contribution is -0.117. The van der Waals surface area contributed by atoms with Crippen molar-refractivity contribution in [3.05, 3.63) is 28.7 Å². The molecule has 0 bridgehead atoms. The van der Waals surface area contributed by atoms with Gasteiger partial charge >= 0.3 is 0 Å². The van der Waals surface area contributed by atoms with Crippen molar-refractivity contribution in [3.63, 3.8) is 0 Å². The van der Waals surface area contributed by atoms with Crippen LogP contribution >= 0.6 is 15.9 Å². The highest BCUT2D eigenvalue weighted by Crippen LogP contribution is 2.40. The highest BCUT2D eigenvalue weighted by Gasteiger charge is 2.46. The number of halogens is 1. The van der Waals surface area contributed by atoms with E-state index in [0.717, 1.165) is 10.2 Å². The molecule has 2 unspecified atom stereocenters. The molecule has 0 saturated heterocycles. The van der Waals surface area contributed by atoms with Crippen LogP contribution in [0.3, 0.4) is 0 Å². The third kappa shape index (κ3) is 3.35. The van der Waals surface area contributed by atoms with Crippen molar-refractivity contribution < 1.29 is 9.90 Å². The molecule has 1 saturated carbocycles. The molecule has 1 aromatic carbocycles. The van der Waals surface area contributed by atoms with E-state index in [4.69, 9.17) is 0 Å². The normalized spacial score (nSPS) is 24.6. The minimum atomic E-state index is -0.280. The van der Waals surface area contributed by atoms with Crippen LogP contribution < -0.4 is 10.6 Å². The molecule has 5 heteroatoms. The minimum absolute atomic E-state index is 0.0738. The van der Waals surface area contributed by atoms with Gasteiger partial charge in [-0.05, 0) is 24.6 Å². The molecule has 0 aliphatic heterocycles. The van der Waals surface area contributed by atoms with Gasteiger partial charge in [0.25, 0.3) is 0 Å². The topological polar surface area (TPSA) is 61.4 Å². The smallest absolute Gasteiger partial charge is 0.238 e. The molecule has 19 heavy (non-hydrogen) atoms. The average Bonchev–Trinajstić information content (AvgIpc) is 2.34. The molecule has 0 aromatic heterocycles. The molecule has 0 spiro atoms. The molecule has 0 radical (unpaired) electrons. The average molecular weight is 327 g/mol. The van der Waals surface area contributed by atoms with Crippen LogP contribution in [0.15, 0.2) is 28.7 Å². The maximum atomic E-state index is 11.8. The fraction of sp³-hybridized carbons (Fsp3) is 0.500. The second-order valence-electron chi connectivity index (χ2n) is 5.56. The number of aliphatic hydroxyl groups excluding tert-OH is 1. The summed E-state index contributed by atoms with van der Waals surface area (Å²) >= 11 is 3.36. The van der Waals surface area contributed by atoms with Gasteiger partial charge in [0, 0.05) is 21.6 Å². The molecule has 2 rings (SSSR count). The van der Waals surface area contributed by atoms with Gasteiger partial charge in [0.1, 0.15) is 0 Å². The quantitative estimate of drug-likeness (QED) is 0.794. The number of amides is 1. The van der Waals surface area contributed by atoms with Crippen LogP contribution in [0.1, 0.15) is 20.3 Å². The number of carbonyl (C=O) groups excluding carboxylic acids is 1. The molecule has 0 heterocycles. The first-order valence-electron chi connectivity index (χ1n) is 6.36. The van der Waals surface area contributed by atoms with Crippen molar-refractivity contribution in [3.8, 4) is 0 Å². The third-order valence-corrected chi connectivity index (χ3v) is 4.33. The van der Waals surface area contributed by atoms with Gasteiger partial charge in [-0.3, -0.25) is 4.79 Å². The highest BCUT2D eigenvalue weighted by molar-refractivity contribution is 9.10. The summed E-state index contributed by atoms with van der Waals surface area (Å²) in [7, 11) is 0. The zero-order valence-corrected chi connectivity index (χ0v) is 12.7.